The number of likely N-dealkylation sites (N-methyl/N-ethyl adjacent to an activating group) is 1. The number of benzene rings is 1. The Bertz CT molecular complexity index is 810. The zero-order valence-electron chi connectivity index (χ0n) is 18.5. The number of carbonyl (C=O) groups is 3. The number of hydrogen-bond donors (Lipinski definition) is 1. The molecule has 0 aliphatic heterocycles. The number of rotatable bonds is 10. The Balaban J connectivity index is 1.90. The van der Waals surface area contributed by atoms with Gasteiger partial charge in [-0.25, -0.2) is 0 Å². The third-order valence-electron chi connectivity index (χ3n) is 4.91. The number of nitrogens with one attached hydrogen (secondary N) is 1. The molecule has 1 aliphatic rings. The Morgan fingerprint density at radius 2 is 1.71 bits per heavy atom. The summed E-state index contributed by atoms with van der Waals surface area (Å²) in [6.45, 7) is 1.65. The number of amides is 2. The van der Waals surface area contributed by atoms with Crippen LogP contribution in [0.4, 0.5) is 0 Å². The highest BCUT2D eigenvalue weighted by Gasteiger charge is 2.20. The summed E-state index contributed by atoms with van der Waals surface area (Å²) in [5, 5.41) is 2.47. The SMILES string of the molecule is CCN(C(=O)COC(=O)CNC(=O)c1cc(OC)c(OC)c(OC)c1)C1=CCCCC1. The monoisotopic (exact) mass is 434 g/mol. The van der Waals surface area contributed by atoms with Crippen LogP contribution in [0.1, 0.15) is 43.0 Å². The minimum absolute atomic E-state index is 0.222. The number of ether oxygens (including phenoxy) is 4. The van der Waals surface area contributed by atoms with E-state index in [9.17, 15) is 14.4 Å². The van der Waals surface area contributed by atoms with Crippen LogP contribution in [0.5, 0.6) is 17.2 Å². The van der Waals surface area contributed by atoms with Crippen molar-refractivity contribution in [1.29, 1.82) is 0 Å². The van der Waals surface area contributed by atoms with Crippen LogP contribution in [-0.2, 0) is 14.3 Å². The fraction of sp³-hybridized carbons (Fsp3) is 0.500. The third-order valence-corrected chi connectivity index (χ3v) is 4.91. The zero-order valence-corrected chi connectivity index (χ0v) is 18.5. The van der Waals surface area contributed by atoms with E-state index < -0.39 is 11.9 Å². The van der Waals surface area contributed by atoms with Crippen LogP contribution in [0.25, 0.3) is 0 Å². The number of allylic oxidation sites excluding steroid dienone is 2. The van der Waals surface area contributed by atoms with Crippen LogP contribution < -0.4 is 19.5 Å². The van der Waals surface area contributed by atoms with Crippen molar-refractivity contribution >= 4 is 17.8 Å². The summed E-state index contributed by atoms with van der Waals surface area (Å²) in [4.78, 5) is 38.5. The van der Waals surface area contributed by atoms with Crippen LogP contribution >= 0.6 is 0 Å². The van der Waals surface area contributed by atoms with E-state index >= 15 is 0 Å². The molecule has 1 aromatic carbocycles. The van der Waals surface area contributed by atoms with Gasteiger partial charge in [-0.05, 0) is 44.7 Å². The molecular formula is C22H30N2O7. The van der Waals surface area contributed by atoms with E-state index in [1.807, 2.05) is 6.92 Å². The maximum absolute atomic E-state index is 12.4. The molecule has 0 radical (unpaired) electrons. The van der Waals surface area contributed by atoms with Gasteiger partial charge in [0.2, 0.25) is 5.75 Å². The molecule has 9 nitrogen and oxygen atoms in total. The first-order valence-corrected chi connectivity index (χ1v) is 10.2. The molecule has 0 atom stereocenters. The molecule has 9 heteroatoms. The fourth-order valence-electron chi connectivity index (χ4n) is 3.34. The highest BCUT2D eigenvalue weighted by Crippen LogP contribution is 2.38. The molecule has 0 saturated carbocycles. The van der Waals surface area contributed by atoms with Gasteiger partial charge in [0.15, 0.2) is 18.1 Å². The summed E-state index contributed by atoms with van der Waals surface area (Å²) in [7, 11) is 4.34. The number of esters is 1. The molecule has 1 N–H and O–H groups in total. The lowest BCUT2D eigenvalue weighted by molar-refractivity contribution is -0.150. The second-order valence-electron chi connectivity index (χ2n) is 6.84. The minimum atomic E-state index is -0.706. The van der Waals surface area contributed by atoms with E-state index in [1.165, 1.54) is 33.5 Å². The lowest BCUT2D eigenvalue weighted by atomic mass is 10.0. The summed E-state index contributed by atoms with van der Waals surface area (Å²) in [6, 6.07) is 2.95. The second-order valence-corrected chi connectivity index (χ2v) is 6.84. The predicted molar refractivity (Wildman–Crippen MR) is 113 cm³/mol. The summed E-state index contributed by atoms with van der Waals surface area (Å²) in [6.07, 6.45) is 6.02. The molecule has 0 spiro atoms. The van der Waals surface area contributed by atoms with Crippen LogP contribution in [-0.4, -0.2) is 63.7 Å². The van der Waals surface area contributed by atoms with Crippen molar-refractivity contribution in [2.75, 3.05) is 41.0 Å². The molecule has 2 rings (SSSR count). The van der Waals surface area contributed by atoms with Crippen molar-refractivity contribution < 1.29 is 33.3 Å². The summed E-state index contributed by atoms with van der Waals surface area (Å²) in [5.41, 5.74) is 1.20. The van der Waals surface area contributed by atoms with E-state index in [0.29, 0.717) is 23.8 Å². The third kappa shape index (κ3) is 6.37. The minimum Gasteiger partial charge on any atom is -0.493 e. The zero-order chi connectivity index (χ0) is 22.8. The number of nitrogens with zero attached hydrogens (tertiary/aromatic N) is 1. The van der Waals surface area contributed by atoms with E-state index in [4.69, 9.17) is 18.9 Å². The smallest absolute Gasteiger partial charge is 0.325 e. The van der Waals surface area contributed by atoms with Crippen LogP contribution in [0, 0.1) is 0 Å². The maximum Gasteiger partial charge on any atom is 0.325 e. The number of hydrogen-bond acceptors (Lipinski definition) is 7. The first-order chi connectivity index (χ1) is 14.9. The Kier molecular flexibility index (Phi) is 9.17. The van der Waals surface area contributed by atoms with Crippen molar-refractivity contribution in [3.05, 3.63) is 29.5 Å². The molecular weight excluding hydrogens is 404 g/mol. The van der Waals surface area contributed by atoms with Crippen molar-refractivity contribution in [3.8, 4) is 17.2 Å². The number of methoxy groups -OCH3 is 3. The van der Waals surface area contributed by atoms with Gasteiger partial charge in [0.05, 0.1) is 21.3 Å². The fourth-order valence-corrected chi connectivity index (χ4v) is 3.34. The average Bonchev–Trinajstić information content (AvgIpc) is 2.81. The summed E-state index contributed by atoms with van der Waals surface area (Å²) in [5.74, 6) is -0.519. The molecule has 1 aromatic rings. The molecule has 0 aromatic heterocycles. The lowest BCUT2D eigenvalue weighted by Gasteiger charge is -2.26. The van der Waals surface area contributed by atoms with E-state index in [1.54, 1.807) is 4.90 Å². The molecule has 0 fully saturated rings. The van der Waals surface area contributed by atoms with Crippen molar-refractivity contribution in [3.63, 3.8) is 0 Å². The Hall–Kier alpha value is -3.23. The Morgan fingerprint density at radius 3 is 2.23 bits per heavy atom. The van der Waals surface area contributed by atoms with Gasteiger partial charge in [-0.15, -0.1) is 0 Å². The van der Waals surface area contributed by atoms with E-state index in [-0.39, 0.29) is 24.6 Å². The standard InChI is InChI=1S/C22H30N2O7/c1-5-24(16-9-7-6-8-10-16)19(25)14-31-20(26)13-23-22(27)15-11-17(28-2)21(30-4)18(12-15)29-3/h9,11-12H,5-8,10,13-14H2,1-4H3,(H,23,27). The number of carbonyl (C=O) groups excluding carboxylic acids is 3. The Labute approximate surface area is 182 Å². The summed E-state index contributed by atoms with van der Waals surface area (Å²) < 4.78 is 20.7. The van der Waals surface area contributed by atoms with Gasteiger partial charge in [-0.2, -0.15) is 0 Å². The van der Waals surface area contributed by atoms with Crippen LogP contribution in [0.2, 0.25) is 0 Å². The lowest BCUT2D eigenvalue weighted by Crippen LogP contribution is -2.36. The van der Waals surface area contributed by atoms with Crippen molar-refractivity contribution in [1.82, 2.24) is 10.2 Å². The second kappa shape index (κ2) is 11.8. The quantitative estimate of drug-likeness (QED) is 0.564. The topological polar surface area (TPSA) is 103 Å². The van der Waals surface area contributed by atoms with E-state index in [0.717, 1.165) is 31.4 Å². The molecule has 0 unspecified atom stereocenters. The van der Waals surface area contributed by atoms with Crippen molar-refractivity contribution in [2.45, 2.75) is 32.6 Å². The molecule has 31 heavy (non-hydrogen) atoms. The van der Waals surface area contributed by atoms with Gasteiger partial charge < -0.3 is 29.2 Å². The highest BCUT2D eigenvalue weighted by atomic mass is 16.5. The van der Waals surface area contributed by atoms with Gasteiger partial charge in [0, 0.05) is 17.8 Å². The first-order valence-electron chi connectivity index (χ1n) is 10.2. The highest BCUT2D eigenvalue weighted by molar-refractivity contribution is 5.97. The molecule has 1 aliphatic carbocycles. The maximum atomic E-state index is 12.4. The molecule has 170 valence electrons. The van der Waals surface area contributed by atoms with Crippen LogP contribution in [0.3, 0.4) is 0 Å². The van der Waals surface area contributed by atoms with Gasteiger partial charge in [0.25, 0.3) is 11.8 Å². The molecule has 0 heterocycles. The van der Waals surface area contributed by atoms with Gasteiger partial charge >= 0.3 is 5.97 Å². The first kappa shape index (κ1) is 24.0. The Morgan fingerprint density at radius 1 is 1.03 bits per heavy atom. The molecule has 0 bridgehead atoms. The average molecular weight is 434 g/mol. The van der Waals surface area contributed by atoms with Gasteiger partial charge in [-0.3, -0.25) is 14.4 Å². The molecule has 2 amide bonds. The predicted octanol–water partition coefficient (Wildman–Crippen LogP) is 2.29. The van der Waals surface area contributed by atoms with Gasteiger partial charge in [0.1, 0.15) is 6.54 Å². The largest absolute Gasteiger partial charge is 0.493 e. The van der Waals surface area contributed by atoms with Crippen LogP contribution in [0.15, 0.2) is 23.9 Å². The summed E-state index contributed by atoms with van der Waals surface area (Å²) >= 11 is 0. The van der Waals surface area contributed by atoms with E-state index in [2.05, 4.69) is 11.4 Å². The molecule has 0 saturated heterocycles. The normalized spacial score (nSPS) is 13.0. The van der Waals surface area contributed by atoms with Crippen molar-refractivity contribution in [2.24, 2.45) is 0 Å². The van der Waals surface area contributed by atoms with Gasteiger partial charge in [-0.1, -0.05) is 6.08 Å².